The van der Waals surface area contributed by atoms with Gasteiger partial charge in [0.1, 0.15) is 0 Å². The van der Waals surface area contributed by atoms with Crippen LogP contribution in [-0.2, 0) is 4.74 Å². The lowest BCUT2D eigenvalue weighted by molar-refractivity contribution is 0.0769. The molecule has 1 fully saturated rings. The van der Waals surface area contributed by atoms with Gasteiger partial charge in [-0.25, -0.2) is 0 Å². The van der Waals surface area contributed by atoms with Gasteiger partial charge in [-0.2, -0.15) is 5.10 Å². The number of nitrogens with zero attached hydrogens (tertiary/aromatic N) is 1. The molecule has 0 amide bonds. The van der Waals surface area contributed by atoms with Crippen LogP contribution in [0, 0.1) is 0 Å². The van der Waals surface area contributed by atoms with Crippen LogP contribution in [0.3, 0.4) is 0 Å². The average Bonchev–Trinajstić information content (AvgIpc) is 2.93. The molecule has 94 valence electrons. The summed E-state index contributed by atoms with van der Waals surface area (Å²) in [7, 11) is 0. The average molecular weight is 264 g/mol. The van der Waals surface area contributed by atoms with Crippen molar-refractivity contribution in [2.75, 3.05) is 19.8 Å². The van der Waals surface area contributed by atoms with Gasteiger partial charge in [0.05, 0.1) is 25.5 Å². The van der Waals surface area contributed by atoms with Crippen molar-refractivity contribution in [2.45, 2.75) is 6.04 Å². The van der Waals surface area contributed by atoms with Gasteiger partial charge in [0, 0.05) is 23.3 Å². The first-order valence-electron chi connectivity index (χ1n) is 5.94. The minimum Gasteiger partial charge on any atom is -0.378 e. The van der Waals surface area contributed by atoms with E-state index in [9.17, 15) is 0 Å². The van der Waals surface area contributed by atoms with E-state index in [1.54, 1.807) is 6.20 Å². The molecular formula is C13H14ClN3O. The Hall–Kier alpha value is -1.36. The first kappa shape index (κ1) is 11.7. The SMILES string of the molecule is Clc1cc(-c2cn[nH]c2)cc(C2COCCN2)c1. The number of H-pyrrole nitrogens is 1. The third-order valence-electron chi connectivity index (χ3n) is 3.08. The number of benzene rings is 1. The Morgan fingerprint density at radius 3 is 2.94 bits per heavy atom. The Labute approximate surface area is 110 Å². The first-order valence-corrected chi connectivity index (χ1v) is 6.31. The number of aromatic amines is 1. The molecule has 2 N–H and O–H groups in total. The van der Waals surface area contributed by atoms with Crippen LogP contribution in [0.25, 0.3) is 11.1 Å². The molecule has 0 spiro atoms. The van der Waals surface area contributed by atoms with Crippen molar-refractivity contribution in [3.8, 4) is 11.1 Å². The molecule has 1 aromatic heterocycles. The second-order valence-corrected chi connectivity index (χ2v) is 4.78. The summed E-state index contributed by atoms with van der Waals surface area (Å²) < 4.78 is 5.48. The fraction of sp³-hybridized carbons (Fsp3) is 0.308. The van der Waals surface area contributed by atoms with Crippen molar-refractivity contribution in [1.29, 1.82) is 0 Å². The van der Waals surface area contributed by atoms with E-state index in [0.29, 0.717) is 6.61 Å². The Morgan fingerprint density at radius 2 is 2.22 bits per heavy atom. The summed E-state index contributed by atoms with van der Waals surface area (Å²) in [4.78, 5) is 0. The molecule has 0 bridgehead atoms. The Bertz CT molecular complexity index is 521. The molecule has 1 aliphatic heterocycles. The standard InChI is InChI=1S/C13H14ClN3O/c14-12-4-9(11-6-16-17-7-11)3-10(5-12)13-8-18-2-1-15-13/h3-7,13,15H,1-2,8H2,(H,16,17). The van der Waals surface area contributed by atoms with E-state index < -0.39 is 0 Å². The minimum absolute atomic E-state index is 0.211. The highest BCUT2D eigenvalue weighted by atomic mass is 35.5. The largest absolute Gasteiger partial charge is 0.378 e. The second kappa shape index (κ2) is 5.10. The molecule has 1 aromatic carbocycles. The van der Waals surface area contributed by atoms with Crippen LogP contribution in [0.2, 0.25) is 5.02 Å². The van der Waals surface area contributed by atoms with Gasteiger partial charge in [0.25, 0.3) is 0 Å². The highest BCUT2D eigenvalue weighted by Crippen LogP contribution is 2.27. The molecule has 1 aliphatic rings. The Kier molecular flexibility index (Phi) is 3.32. The fourth-order valence-electron chi connectivity index (χ4n) is 2.17. The van der Waals surface area contributed by atoms with Crippen LogP contribution in [-0.4, -0.2) is 30.0 Å². The summed E-state index contributed by atoms with van der Waals surface area (Å²) in [6, 6.07) is 6.27. The second-order valence-electron chi connectivity index (χ2n) is 4.34. The van der Waals surface area contributed by atoms with Gasteiger partial charge in [0.15, 0.2) is 0 Å². The third-order valence-corrected chi connectivity index (χ3v) is 3.29. The van der Waals surface area contributed by atoms with Crippen molar-refractivity contribution in [3.63, 3.8) is 0 Å². The molecule has 18 heavy (non-hydrogen) atoms. The van der Waals surface area contributed by atoms with Crippen LogP contribution < -0.4 is 5.32 Å². The molecule has 3 rings (SSSR count). The van der Waals surface area contributed by atoms with E-state index >= 15 is 0 Å². The monoisotopic (exact) mass is 263 g/mol. The van der Waals surface area contributed by atoms with Crippen LogP contribution in [0.1, 0.15) is 11.6 Å². The number of morpholine rings is 1. The van der Waals surface area contributed by atoms with Gasteiger partial charge in [-0.05, 0) is 29.3 Å². The summed E-state index contributed by atoms with van der Waals surface area (Å²) in [5.74, 6) is 0. The quantitative estimate of drug-likeness (QED) is 0.875. The topological polar surface area (TPSA) is 49.9 Å². The molecule has 4 nitrogen and oxygen atoms in total. The molecule has 2 aromatic rings. The third kappa shape index (κ3) is 2.41. The van der Waals surface area contributed by atoms with Crippen LogP contribution in [0.5, 0.6) is 0 Å². The fourth-order valence-corrected chi connectivity index (χ4v) is 2.41. The lowest BCUT2D eigenvalue weighted by Crippen LogP contribution is -2.34. The van der Waals surface area contributed by atoms with E-state index in [1.807, 2.05) is 18.3 Å². The molecule has 1 saturated heterocycles. The molecule has 2 heterocycles. The van der Waals surface area contributed by atoms with Gasteiger partial charge in [-0.3, -0.25) is 5.10 Å². The van der Waals surface area contributed by atoms with Crippen LogP contribution >= 0.6 is 11.6 Å². The van der Waals surface area contributed by atoms with E-state index in [1.165, 1.54) is 0 Å². The number of rotatable bonds is 2. The number of ether oxygens (including phenoxy) is 1. The smallest absolute Gasteiger partial charge is 0.0662 e. The zero-order valence-electron chi connectivity index (χ0n) is 9.82. The number of hydrogen-bond donors (Lipinski definition) is 2. The lowest BCUT2D eigenvalue weighted by atomic mass is 10.0. The zero-order chi connectivity index (χ0) is 12.4. The van der Waals surface area contributed by atoms with Gasteiger partial charge in [-0.1, -0.05) is 11.6 Å². The summed E-state index contributed by atoms with van der Waals surface area (Å²) in [5, 5.41) is 10.9. The molecule has 1 atom stereocenters. The number of hydrogen-bond acceptors (Lipinski definition) is 3. The number of aromatic nitrogens is 2. The molecule has 0 saturated carbocycles. The number of nitrogens with one attached hydrogen (secondary N) is 2. The molecule has 5 heteroatoms. The van der Waals surface area contributed by atoms with Crippen molar-refractivity contribution in [3.05, 3.63) is 41.2 Å². The maximum absolute atomic E-state index is 6.19. The molecular weight excluding hydrogens is 250 g/mol. The first-order chi connectivity index (χ1) is 8.83. The Balaban J connectivity index is 1.95. The van der Waals surface area contributed by atoms with Gasteiger partial charge in [0.2, 0.25) is 0 Å². The summed E-state index contributed by atoms with van der Waals surface area (Å²) >= 11 is 6.19. The number of halogens is 1. The van der Waals surface area contributed by atoms with Crippen molar-refractivity contribution in [1.82, 2.24) is 15.5 Å². The highest BCUT2D eigenvalue weighted by Gasteiger charge is 2.16. The van der Waals surface area contributed by atoms with Crippen molar-refractivity contribution >= 4 is 11.6 Å². The Morgan fingerprint density at radius 1 is 1.28 bits per heavy atom. The van der Waals surface area contributed by atoms with Gasteiger partial charge < -0.3 is 10.1 Å². The minimum atomic E-state index is 0.211. The molecule has 0 aliphatic carbocycles. The predicted octanol–water partition coefficient (Wildman–Crippen LogP) is 2.39. The van der Waals surface area contributed by atoms with Gasteiger partial charge in [-0.15, -0.1) is 0 Å². The summed E-state index contributed by atoms with van der Waals surface area (Å²) in [6.45, 7) is 2.33. The maximum atomic E-state index is 6.19. The van der Waals surface area contributed by atoms with Crippen LogP contribution in [0.4, 0.5) is 0 Å². The van der Waals surface area contributed by atoms with E-state index in [0.717, 1.165) is 34.9 Å². The predicted molar refractivity (Wildman–Crippen MR) is 70.6 cm³/mol. The van der Waals surface area contributed by atoms with Gasteiger partial charge >= 0.3 is 0 Å². The lowest BCUT2D eigenvalue weighted by Gasteiger charge is -2.24. The maximum Gasteiger partial charge on any atom is 0.0662 e. The van der Waals surface area contributed by atoms with E-state index in [4.69, 9.17) is 16.3 Å². The molecule has 0 radical (unpaired) electrons. The van der Waals surface area contributed by atoms with Crippen molar-refractivity contribution in [2.24, 2.45) is 0 Å². The zero-order valence-corrected chi connectivity index (χ0v) is 10.6. The normalized spacial score (nSPS) is 19.9. The van der Waals surface area contributed by atoms with E-state index in [2.05, 4.69) is 21.6 Å². The molecule has 1 unspecified atom stereocenters. The summed E-state index contributed by atoms with van der Waals surface area (Å²) in [6.07, 6.45) is 3.65. The summed E-state index contributed by atoms with van der Waals surface area (Å²) in [5.41, 5.74) is 3.26. The highest BCUT2D eigenvalue weighted by molar-refractivity contribution is 6.31. The van der Waals surface area contributed by atoms with Crippen molar-refractivity contribution < 1.29 is 4.74 Å². The van der Waals surface area contributed by atoms with E-state index in [-0.39, 0.29) is 6.04 Å². The van der Waals surface area contributed by atoms with Crippen LogP contribution in [0.15, 0.2) is 30.6 Å².